The van der Waals surface area contributed by atoms with Crippen LogP contribution in [0.3, 0.4) is 0 Å². The molecule has 5 N–H and O–H groups in total. The molecule has 0 radical (unpaired) electrons. The number of nitrogens with zero attached hydrogens (tertiary/aromatic N) is 5. The van der Waals surface area contributed by atoms with Gasteiger partial charge in [-0.15, -0.1) is 0 Å². The number of rotatable bonds is 11. The maximum absolute atomic E-state index is 13.8. The normalized spacial score (nSPS) is 19.7. The van der Waals surface area contributed by atoms with Crippen molar-refractivity contribution in [2.75, 3.05) is 25.4 Å². The maximum Gasteiger partial charge on any atom is 0.405 e. The number of carboxylic acid groups (broad SMARTS) is 1. The smallest absolute Gasteiger partial charge is 0.405 e. The van der Waals surface area contributed by atoms with Crippen molar-refractivity contribution in [2.45, 2.75) is 77.5 Å². The molecule has 2 aromatic heterocycles. The van der Waals surface area contributed by atoms with Gasteiger partial charge in [0.05, 0.1) is 42.4 Å². The van der Waals surface area contributed by atoms with Gasteiger partial charge >= 0.3 is 6.09 Å². The standard InChI is InChI=1S/C40H49N9O4S/c1-23(2)33(46-39-41-17-20-54-39)37(50)48-18-5-7-31(48)35-42-21-29(44-35)27-13-9-25(10-14-27)26-11-15-28(16-12-26)30-22-43-36(45-30)32-8-6-19-49(32)38(51)34(24(3)4)47-40(52)53/h9-16,21-24,31-34,47H,5-8,17-20H2,1-4H3,(H,41,46)(H,42,44)(H,43,45)(H,52,53)/t31-,32-,33-,34-/m0/s1. The molecule has 2 saturated heterocycles. The van der Waals surface area contributed by atoms with E-state index in [2.05, 4.69) is 93.0 Å². The number of hydrogen-bond acceptors (Lipinski definition) is 8. The van der Waals surface area contributed by atoms with Crippen LogP contribution in [0.2, 0.25) is 0 Å². The Bertz CT molecular complexity index is 1990. The largest absolute Gasteiger partial charge is 0.465 e. The van der Waals surface area contributed by atoms with Crippen molar-refractivity contribution < 1.29 is 19.5 Å². The van der Waals surface area contributed by atoms with Crippen LogP contribution in [0, 0.1) is 11.8 Å². The number of aromatic nitrogens is 4. The molecular formula is C40H49N9O4S. The minimum Gasteiger partial charge on any atom is -0.465 e. The summed E-state index contributed by atoms with van der Waals surface area (Å²) in [6.45, 7) is 9.89. The summed E-state index contributed by atoms with van der Waals surface area (Å²) >= 11 is 1.68. The number of benzene rings is 2. The number of aliphatic imine (C=N–C) groups is 1. The molecule has 2 fully saturated rings. The molecule has 3 aliphatic heterocycles. The van der Waals surface area contributed by atoms with Gasteiger partial charge in [0.2, 0.25) is 11.8 Å². The quantitative estimate of drug-likeness (QED) is 0.116. The van der Waals surface area contributed by atoms with Crippen LogP contribution in [0.25, 0.3) is 33.6 Å². The van der Waals surface area contributed by atoms with Gasteiger partial charge < -0.3 is 35.5 Å². The second-order valence-corrected chi connectivity index (χ2v) is 16.1. The van der Waals surface area contributed by atoms with E-state index in [1.807, 2.05) is 24.9 Å². The minimum atomic E-state index is -1.20. The zero-order valence-electron chi connectivity index (χ0n) is 31.2. The van der Waals surface area contributed by atoms with E-state index in [0.717, 1.165) is 82.6 Å². The van der Waals surface area contributed by atoms with Gasteiger partial charge in [-0.25, -0.2) is 14.8 Å². The summed E-state index contributed by atoms with van der Waals surface area (Å²) in [5.41, 5.74) is 5.91. The first-order chi connectivity index (χ1) is 26.1. The van der Waals surface area contributed by atoms with Gasteiger partial charge in [-0.3, -0.25) is 14.6 Å². The summed E-state index contributed by atoms with van der Waals surface area (Å²) in [5, 5.41) is 15.9. The number of H-pyrrole nitrogens is 2. The number of hydrogen-bond donors (Lipinski definition) is 5. The molecule has 0 saturated carbocycles. The van der Waals surface area contributed by atoms with E-state index in [-0.39, 0.29) is 41.8 Å². The van der Waals surface area contributed by atoms with E-state index in [1.165, 1.54) is 0 Å². The van der Waals surface area contributed by atoms with Crippen LogP contribution < -0.4 is 10.6 Å². The lowest BCUT2D eigenvalue weighted by atomic mass is 10.0. The van der Waals surface area contributed by atoms with Crippen molar-refractivity contribution >= 4 is 34.8 Å². The predicted molar refractivity (Wildman–Crippen MR) is 211 cm³/mol. The molecule has 3 aliphatic rings. The Morgan fingerprint density at radius 2 is 1.20 bits per heavy atom. The topological polar surface area (TPSA) is 172 Å². The van der Waals surface area contributed by atoms with Gasteiger partial charge in [-0.05, 0) is 59.8 Å². The molecule has 13 nitrogen and oxygen atoms in total. The Balaban J connectivity index is 0.998. The summed E-state index contributed by atoms with van der Waals surface area (Å²) < 4.78 is 0. The summed E-state index contributed by atoms with van der Waals surface area (Å²) in [6.07, 6.45) is 5.84. The van der Waals surface area contributed by atoms with Crippen LogP contribution in [0.1, 0.15) is 77.1 Å². The van der Waals surface area contributed by atoms with Crippen molar-refractivity contribution in [3.8, 4) is 33.6 Å². The lowest BCUT2D eigenvalue weighted by Crippen LogP contribution is -2.50. The number of amidine groups is 1. The first kappa shape index (κ1) is 37.2. The SMILES string of the molecule is CC(C)[C@H](NC(=O)O)C(=O)N1CCC[C@H]1c1ncc(-c2ccc(-c3ccc(-c4cnc([C@@H]5CCCN5C(=O)[C@@H](NC5=NCCS5)C(C)C)[nH]4)cc3)cc2)[nH]1. The Labute approximate surface area is 319 Å². The lowest BCUT2D eigenvalue weighted by molar-refractivity contribution is -0.136. The second kappa shape index (κ2) is 16.1. The third kappa shape index (κ3) is 7.89. The zero-order valence-corrected chi connectivity index (χ0v) is 32.0. The molecule has 0 spiro atoms. The lowest BCUT2D eigenvalue weighted by Gasteiger charge is -2.30. The molecular weight excluding hydrogens is 703 g/mol. The number of amides is 3. The van der Waals surface area contributed by atoms with Gasteiger partial charge in [0.15, 0.2) is 5.17 Å². The molecule has 4 atom stereocenters. The summed E-state index contributed by atoms with van der Waals surface area (Å²) in [4.78, 5) is 63.1. The number of carbonyl (C=O) groups is 3. The van der Waals surface area contributed by atoms with E-state index in [4.69, 9.17) is 4.98 Å². The van der Waals surface area contributed by atoms with Crippen LogP contribution in [0.15, 0.2) is 65.9 Å². The van der Waals surface area contributed by atoms with E-state index >= 15 is 0 Å². The minimum absolute atomic E-state index is 0.0887. The number of carbonyl (C=O) groups excluding carboxylic acids is 2. The highest BCUT2D eigenvalue weighted by Crippen LogP contribution is 2.35. The highest BCUT2D eigenvalue weighted by molar-refractivity contribution is 8.14. The zero-order chi connectivity index (χ0) is 37.9. The third-order valence-corrected chi connectivity index (χ3v) is 11.5. The van der Waals surface area contributed by atoms with Gasteiger partial charge in [0.1, 0.15) is 23.7 Å². The first-order valence-electron chi connectivity index (χ1n) is 18.9. The average molecular weight is 752 g/mol. The molecule has 54 heavy (non-hydrogen) atoms. The van der Waals surface area contributed by atoms with E-state index < -0.39 is 12.1 Å². The Kier molecular flexibility index (Phi) is 11.1. The first-order valence-corrected chi connectivity index (χ1v) is 19.9. The van der Waals surface area contributed by atoms with Gasteiger partial charge in [-0.2, -0.15) is 0 Å². The molecule has 14 heteroatoms. The van der Waals surface area contributed by atoms with Crippen molar-refractivity contribution in [3.63, 3.8) is 0 Å². The molecule has 284 valence electrons. The number of imidazole rings is 2. The van der Waals surface area contributed by atoms with Crippen LogP contribution >= 0.6 is 11.8 Å². The monoisotopic (exact) mass is 751 g/mol. The van der Waals surface area contributed by atoms with Crippen molar-refractivity contribution in [1.82, 2.24) is 40.4 Å². The van der Waals surface area contributed by atoms with E-state index in [1.54, 1.807) is 22.9 Å². The molecule has 0 bridgehead atoms. The average Bonchev–Trinajstić information content (AvgIpc) is 4.01. The van der Waals surface area contributed by atoms with Gasteiger partial charge in [-0.1, -0.05) is 88.0 Å². The molecule has 4 aromatic rings. The van der Waals surface area contributed by atoms with Crippen LogP contribution in [-0.4, -0.2) is 95.4 Å². The Morgan fingerprint density at radius 1 is 0.741 bits per heavy atom. The molecule has 7 rings (SSSR count). The molecule has 5 heterocycles. The van der Waals surface area contributed by atoms with Crippen LogP contribution in [0.4, 0.5) is 4.79 Å². The third-order valence-electron chi connectivity index (χ3n) is 10.6. The summed E-state index contributed by atoms with van der Waals surface area (Å²) in [5.74, 6) is 2.30. The Morgan fingerprint density at radius 3 is 1.63 bits per heavy atom. The Hall–Kier alpha value is -5.11. The van der Waals surface area contributed by atoms with Crippen molar-refractivity contribution in [2.24, 2.45) is 16.8 Å². The number of aromatic amines is 2. The van der Waals surface area contributed by atoms with E-state index in [9.17, 15) is 19.5 Å². The molecule has 3 amide bonds. The highest BCUT2D eigenvalue weighted by Gasteiger charge is 2.38. The number of likely N-dealkylation sites (tertiary alicyclic amines) is 2. The number of thioether (sulfide) groups is 1. The maximum atomic E-state index is 13.8. The van der Waals surface area contributed by atoms with Crippen molar-refractivity contribution in [3.05, 3.63) is 72.6 Å². The molecule has 0 aliphatic carbocycles. The fourth-order valence-electron chi connectivity index (χ4n) is 7.69. The fraction of sp³-hybridized carbons (Fsp3) is 0.450. The number of nitrogens with one attached hydrogen (secondary N) is 4. The van der Waals surface area contributed by atoms with E-state index in [0.29, 0.717) is 18.9 Å². The predicted octanol–water partition coefficient (Wildman–Crippen LogP) is 6.47. The van der Waals surface area contributed by atoms with Gasteiger partial charge in [0, 0.05) is 18.8 Å². The molecule has 0 unspecified atom stereocenters. The molecule has 2 aromatic carbocycles. The van der Waals surface area contributed by atoms with Crippen LogP contribution in [-0.2, 0) is 9.59 Å². The highest BCUT2D eigenvalue weighted by atomic mass is 32.2. The summed E-state index contributed by atoms with van der Waals surface area (Å²) in [7, 11) is 0. The fourth-order valence-corrected chi connectivity index (χ4v) is 8.46. The summed E-state index contributed by atoms with van der Waals surface area (Å²) in [6, 6.07) is 15.2. The van der Waals surface area contributed by atoms with Gasteiger partial charge in [0.25, 0.3) is 0 Å². The van der Waals surface area contributed by atoms with Crippen molar-refractivity contribution in [1.29, 1.82) is 0 Å². The second-order valence-electron chi connectivity index (χ2n) is 15.0. The van der Waals surface area contributed by atoms with Crippen LogP contribution in [0.5, 0.6) is 0 Å².